The van der Waals surface area contributed by atoms with Gasteiger partial charge in [-0.1, -0.05) is 12.1 Å². The van der Waals surface area contributed by atoms with Crippen LogP contribution in [0.1, 0.15) is 12.4 Å². The third kappa shape index (κ3) is 4.45. The minimum Gasteiger partial charge on any atom is -0.404 e. The van der Waals surface area contributed by atoms with E-state index in [9.17, 15) is 30.4 Å². The SMILES string of the molecule is CN(Cc1nccn1C(F)F)S(=O)(=O)c1ccccc1OC(F)(F)F. The van der Waals surface area contributed by atoms with Gasteiger partial charge in [0, 0.05) is 19.4 Å². The van der Waals surface area contributed by atoms with E-state index in [1.165, 1.54) is 12.1 Å². The molecule has 0 atom stereocenters. The van der Waals surface area contributed by atoms with Crippen LogP contribution < -0.4 is 4.74 Å². The Morgan fingerprint density at radius 2 is 1.92 bits per heavy atom. The van der Waals surface area contributed by atoms with Crippen LogP contribution in [0, 0.1) is 0 Å². The molecule has 0 fully saturated rings. The summed E-state index contributed by atoms with van der Waals surface area (Å²) < 4.78 is 92.6. The molecule has 0 saturated heterocycles. The van der Waals surface area contributed by atoms with Gasteiger partial charge in [-0.2, -0.15) is 13.1 Å². The summed E-state index contributed by atoms with van der Waals surface area (Å²) in [5.41, 5.74) is 0. The molecule has 0 amide bonds. The van der Waals surface area contributed by atoms with Crippen molar-refractivity contribution in [3.05, 3.63) is 42.5 Å². The Hall–Kier alpha value is -2.21. The van der Waals surface area contributed by atoms with Gasteiger partial charge in [0.25, 0.3) is 0 Å². The van der Waals surface area contributed by atoms with Crippen LogP contribution in [0.2, 0.25) is 0 Å². The molecule has 0 radical (unpaired) electrons. The molecule has 25 heavy (non-hydrogen) atoms. The molecule has 0 aliphatic rings. The number of benzene rings is 1. The van der Waals surface area contributed by atoms with E-state index in [1.54, 1.807) is 0 Å². The maximum absolute atomic E-state index is 12.8. The molecule has 12 heteroatoms. The summed E-state index contributed by atoms with van der Waals surface area (Å²) in [4.78, 5) is 2.89. The van der Waals surface area contributed by atoms with E-state index in [0.29, 0.717) is 8.87 Å². The number of para-hydroxylation sites is 1. The van der Waals surface area contributed by atoms with Crippen molar-refractivity contribution in [3.8, 4) is 5.75 Å². The number of nitrogens with zero attached hydrogens (tertiary/aromatic N) is 3. The average molecular weight is 385 g/mol. The highest BCUT2D eigenvalue weighted by Gasteiger charge is 2.35. The van der Waals surface area contributed by atoms with E-state index < -0.39 is 40.1 Å². The minimum atomic E-state index is -5.09. The molecule has 1 aromatic heterocycles. The van der Waals surface area contributed by atoms with Crippen LogP contribution in [0.15, 0.2) is 41.6 Å². The van der Waals surface area contributed by atoms with Crippen molar-refractivity contribution in [1.82, 2.24) is 13.9 Å². The number of hydrogen-bond donors (Lipinski definition) is 0. The van der Waals surface area contributed by atoms with E-state index in [-0.39, 0.29) is 5.82 Å². The molecule has 0 aliphatic heterocycles. The molecule has 138 valence electrons. The van der Waals surface area contributed by atoms with Gasteiger partial charge in [-0.3, -0.25) is 4.57 Å². The maximum atomic E-state index is 12.8. The molecule has 1 heterocycles. The fourth-order valence-electron chi connectivity index (χ4n) is 1.97. The molecule has 0 N–H and O–H groups in total. The molecule has 0 bridgehead atoms. The van der Waals surface area contributed by atoms with E-state index in [1.807, 2.05) is 0 Å². The Morgan fingerprint density at radius 1 is 1.28 bits per heavy atom. The van der Waals surface area contributed by atoms with E-state index in [4.69, 9.17) is 0 Å². The van der Waals surface area contributed by atoms with Crippen LogP contribution >= 0.6 is 0 Å². The first-order valence-electron chi connectivity index (χ1n) is 6.63. The Bertz CT molecular complexity index is 835. The number of ether oxygens (including phenoxy) is 1. The van der Waals surface area contributed by atoms with Crippen molar-refractivity contribution in [1.29, 1.82) is 0 Å². The number of alkyl halides is 5. The average Bonchev–Trinajstić information content (AvgIpc) is 2.94. The Balaban J connectivity index is 2.34. The van der Waals surface area contributed by atoms with Crippen LogP contribution in [-0.4, -0.2) is 35.7 Å². The van der Waals surface area contributed by atoms with Crippen molar-refractivity contribution < 1.29 is 35.1 Å². The molecule has 0 aliphatic carbocycles. The molecular weight excluding hydrogens is 373 g/mol. The lowest BCUT2D eigenvalue weighted by molar-refractivity contribution is -0.275. The Morgan fingerprint density at radius 3 is 2.52 bits per heavy atom. The second kappa shape index (κ2) is 6.96. The first kappa shape index (κ1) is 19.1. The summed E-state index contributed by atoms with van der Waals surface area (Å²) >= 11 is 0. The van der Waals surface area contributed by atoms with Gasteiger partial charge < -0.3 is 4.74 Å². The van der Waals surface area contributed by atoms with Crippen molar-refractivity contribution in [3.63, 3.8) is 0 Å². The monoisotopic (exact) mass is 385 g/mol. The first-order chi connectivity index (χ1) is 11.5. The van der Waals surface area contributed by atoms with Gasteiger partial charge in [0.1, 0.15) is 16.5 Å². The lowest BCUT2D eigenvalue weighted by Gasteiger charge is -2.20. The normalized spacial score (nSPS) is 12.8. The quantitative estimate of drug-likeness (QED) is 0.718. The third-order valence-electron chi connectivity index (χ3n) is 3.09. The molecule has 2 aromatic rings. The highest BCUT2D eigenvalue weighted by molar-refractivity contribution is 7.89. The zero-order valence-corrected chi connectivity index (χ0v) is 13.4. The Labute approximate surface area is 139 Å². The zero-order chi connectivity index (χ0) is 18.8. The van der Waals surface area contributed by atoms with Gasteiger partial charge in [-0.05, 0) is 12.1 Å². The van der Waals surface area contributed by atoms with Gasteiger partial charge in [0.05, 0.1) is 6.54 Å². The van der Waals surface area contributed by atoms with Crippen LogP contribution in [0.4, 0.5) is 22.0 Å². The van der Waals surface area contributed by atoms with Crippen LogP contribution in [0.3, 0.4) is 0 Å². The number of aromatic nitrogens is 2. The fraction of sp³-hybridized carbons (Fsp3) is 0.308. The van der Waals surface area contributed by atoms with Gasteiger partial charge in [-0.15, -0.1) is 13.2 Å². The summed E-state index contributed by atoms with van der Waals surface area (Å²) in [6.07, 6.45) is -3.07. The smallest absolute Gasteiger partial charge is 0.404 e. The number of imidazole rings is 1. The standard InChI is InChI=1S/C13H12F5N3O3S/c1-20(8-11-19-6-7-21(11)12(14)15)25(22,23)10-5-3-2-4-9(10)24-13(16,17)18/h2-7,12H,8H2,1H3. The largest absolute Gasteiger partial charge is 0.573 e. The lowest BCUT2D eigenvalue weighted by atomic mass is 10.3. The minimum absolute atomic E-state index is 0.268. The van der Waals surface area contributed by atoms with Crippen LogP contribution in [-0.2, 0) is 16.6 Å². The Kier molecular flexibility index (Phi) is 5.32. The van der Waals surface area contributed by atoms with Gasteiger partial charge >= 0.3 is 12.9 Å². The van der Waals surface area contributed by atoms with Crippen LogP contribution in [0.5, 0.6) is 5.75 Å². The van der Waals surface area contributed by atoms with E-state index in [2.05, 4.69) is 9.72 Å². The van der Waals surface area contributed by atoms with Crippen molar-refractivity contribution >= 4 is 10.0 Å². The maximum Gasteiger partial charge on any atom is 0.573 e. The van der Waals surface area contributed by atoms with Crippen LogP contribution in [0.25, 0.3) is 0 Å². The molecule has 1 aromatic carbocycles. The molecule has 0 spiro atoms. The number of sulfonamides is 1. The van der Waals surface area contributed by atoms with Gasteiger partial charge in [-0.25, -0.2) is 13.4 Å². The van der Waals surface area contributed by atoms with Crippen molar-refractivity contribution in [2.45, 2.75) is 24.4 Å². The third-order valence-corrected chi connectivity index (χ3v) is 4.93. The van der Waals surface area contributed by atoms with Crippen molar-refractivity contribution in [2.24, 2.45) is 0 Å². The zero-order valence-electron chi connectivity index (χ0n) is 12.6. The molecule has 0 unspecified atom stereocenters. The number of hydrogen-bond acceptors (Lipinski definition) is 4. The second-order valence-corrected chi connectivity index (χ2v) is 6.80. The molecule has 2 rings (SSSR count). The summed E-state index contributed by atoms with van der Waals surface area (Å²) in [7, 11) is -3.42. The van der Waals surface area contributed by atoms with Gasteiger partial charge in [0.2, 0.25) is 10.0 Å². The predicted octanol–water partition coefficient (Wildman–Crippen LogP) is 3.00. The topological polar surface area (TPSA) is 64.4 Å². The second-order valence-electron chi connectivity index (χ2n) is 4.78. The van der Waals surface area contributed by atoms with Crippen molar-refractivity contribution in [2.75, 3.05) is 7.05 Å². The number of halogens is 5. The van der Waals surface area contributed by atoms with E-state index >= 15 is 0 Å². The first-order valence-corrected chi connectivity index (χ1v) is 8.07. The predicted molar refractivity (Wildman–Crippen MR) is 75.3 cm³/mol. The summed E-state index contributed by atoms with van der Waals surface area (Å²) in [6, 6.07) is 4.15. The fourth-order valence-corrected chi connectivity index (χ4v) is 3.20. The highest BCUT2D eigenvalue weighted by atomic mass is 32.2. The van der Waals surface area contributed by atoms with Gasteiger partial charge in [0.15, 0.2) is 0 Å². The molecular formula is C13H12F5N3O3S. The molecule has 6 nitrogen and oxygen atoms in total. The highest BCUT2D eigenvalue weighted by Crippen LogP contribution is 2.31. The summed E-state index contributed by atoms with van der Waals surface area (Å²) in [5.74, 6) is -1.19. The van der Waals surface area contributed by atoms with E-state index in [0.717, 1.165) is 31.6 Å². The molecule has 0 saturated carbocycles. The summed E-state index contributed by atoms with van der Waals surface area (Å²) in [5, 5.41) is 0. The summed E-state index contributed by atoms with van der Waals surface area (Å²) in [6.45, 7) is -3.51. The number of rotatable bonds is 6. The lowest BCUT2D eigenvalue weighted by Crippen LogP contribution is -2.29.